The van der Waals surface area contributed by atoms with Crippen molar-refractivity contribution in [2.75, 3.05) is 9.80 Å². The van der Waals surface area contributed by atoms with Crippen molar-refractivity contribution in [1.82, 2.24) is 0 Å². The van der Waals surface area contributed by atoms with Crippen LogP contribution in [0.15, 0.2) is 231 Å². The van der Waals surface area contributed by atoms with Gasteiger partial charge in [-0.2, -0.15) is 0 Å². The van der Waals surface area contributed by atoms with Crippen molar-refractivity contribution in [2.24, 2.45) is 0 Å². The molecule has 0 fully saturated rings. The molecule has 0 unspecified atom stereocenters. The van der Waals surface area contributed by atoms with Crippen LogP contribution in [-0.4, -0.2) is 6.71 Å². The van der Waals surface area contributed by atoms with Gasteiger partial charge in [-0.3, -0.25) is 0 Å². The second kappa shape index (κ2) is 14.2. The number of anilines is 6. The van der Waals surface area contributed by atoms with E-state index in [9.17, 15) is 0 Å². The smallest absolute Gasteiger partial charge is 0.264 e. The van der Waals surface area contributed by atoms with E-state index >= 15 is 0 Å². The van der Waals surface area contributed by atoms with Gasteiger partial charge in [0.15, 0.2) is 0 Å². The third kappa shape index (κ3) is 4.80. The molecule has 6 aliphatic rings. The van der Waals surface area contributed by atoms with E-state index in [1.807, 2.05) is 0 Å². The van der Waals surface area contributed by atoms with E-state index in [0.717, 1.165) is 0 Å². The molecule has 11 aromatic rings. The molecule has 74 heavy (non-hydrogen) atoms. The summed E-state index contributed by atoms with van der Waals surface area (Å²) < 4.78 is 1.40. The molecule has 2 nitrogen and oxygen atoms in total. The summed E-state index contributed by atoms with van der Waals surface area (Å²) in [6, 6.07) is 88.6. The van der Waals surface area contributed by atoms with Crippen LogP contribution in [0.4, 0.5) is 34.1 Å². The van der Waals surface area contributed by atoms with Crippen LogP contribution in [0.25, 0.3) is 44.5 Å². The second-order valence-electron chi connectivity index (χ2n) is 22.2. The maximum Gasteiger partial charge on any atom is 0.264 e. The molecule has 0 saturated carbocycles. The fourth-order valence-corrected chi connectivity index (χ4v) is 16.7. The van der Waals surface area contributed by atoms with Crippen LogP contribution in [-0.2, 0) is 16.2 Å². The maximum absolute atomic E-state index is 2.70. The van der Waals surface area contributed by atoms with E-state index in [0.29, 0.717) is 0 Å². The van der Waals surface area contributed by atoms with Crippen LogP contribution in [0.1, 0.15) is 70.2 Å². The Labute approximate surface area is 436 Å². The number of fused-ring (bicyclic) bond motifs is 25. The standard InChI is InChI=1S/C70H47BN2S/c1-68(2,3)42-36-38-44(39-37-42)72-60-34-19-35-61-64(60)71(59-41-58-51(40-62(59)72)49-26-11-15-30-54(49)69(58)52-28-13-7-22-45(52)46-23-8-14-29-53(46)69)67-65(73(61)43-20-5-4-6-21-43)63-50-27-12-18-33-57(50)70(66(63)74-67)55-31-16-9-24-47(55)48-25-10-17-32-56(48)70/h4-41H,1-3H3. The third-order valence-corrected chi connectivity index (χ3v) is 19.2. The summed E-state index contributed by atoms with van der Waals surface area (Å²) >= 11 is 2.07. The minimum atomic E-state index is -0.488. The lowest BCUT2D eigenvalue weighted by atomic mass is 9.36. The van der Waals surface area contributed by atoms with Gasteiger partial charge in [-0.15, -0.1) is 11.3 Å². The van der Waals surface area contributed by atoms with Crippen molar-refractivity contribution in [1.29, 1.82) is 0 Å². The summed E-state index contributed by atoms with van der Waals surface area (Å²) in [5, 5.41) is 0. The summed E-state index contributed by atoms with van der Waals surface area (Å²) in [5.74, 6) is 0. The lowest BCUT2D eigenvalue weighted by Gasteiger charge is -2.44. The van der Waals surface area contributed by atoms with Crippen molar-refractivity contribution < 1.29 is 0 Å². The van der Waals surface area contributed by atoms with E-state index in [4.69, 9.17) is 0 Å². The van der Waals surface area contributed by atoms with Gasteiger partial charge in [-0.25, -0.2) is 0 Å². The number of benzene rings is 10. The van der Waals surface area contributed by atoms with Crippen molar-refractivity contribution in [3.8, 4) is 44.5 Å². The van der Waals surface area contributed by atoms with Crippen molar-refractivity contribution in [2.45, 2.75) is 37.0 Å². The number of hydrogen-bond donors (Lipinski definition) is 0. The number of thiophene rings is 1. The van der Waals surface area contributed by atoms with Gasteiger partial charge in [0, 0.05) is 43.7 Å². The lowest BCUT2D eigenvalue weighted by molar-refractivity contribution is 0.590. The molecule has 0 saturated heterocycles. The van der Waals surface area contributed by atoms with Crippen LogP contribution in [0, 0.1) is 0 Å². The number of para-hydroxylation sites is 1. The molecule has 3 heterocycles. The molecule has 0 radical (unpaired) electrons. The van der Waals surface area contributed by atoms with Crippen LogP contribution >= 0.6 is 11.3 Å². The quantitative estimate of drug-likeness (QED) is 0.159. The first-order valence-electron chi connectivity index (χ1n) is 26.2. The SMILES string of the molecule is CC(C)(C)c1ccc(N2c3cc4c(cc3B3c5sc6c(c5N(c5ccccc5)c5cccc2c53)-c2ccccc2C62c3ccccc3-c3ccccc32)C2(c3ccccc3-c3ccccc32)c2ccccc2-4)cc1. The zero-order valence-electron chi connectivity index (χ0n) is 41.3. The molecule has 2 spiro atoms. The highest BCUT2D eigenvalue weighted by atomic mass is 32.1. The second-order valence-corrected chi connectivity index (χ2v) is 23.2. The fraction of sp³-hybridized carbons (Fsp3) is 0.0857. The fourth-order valence-electron chi connectivity index (χ4n) is 15.0. The molecule has 1 aromatic heterocycles. The van der Waals surface area contributed by atoms with Gasteiger partial charge < -0.3 is 9.80 Å². The van der Waals surface area contributed by atoms with Crippen molar-refractivity contribution in [3.63, 3.8) is 0 Å². The highest BCUT2D eigenvalue weighted by Gasteiger charge is 2.58. The number of nitrogens with zero attached hydrogens (tertiary/aromatic N) is 2. The average Bonchev–Trinajstić information content (AvgIpc) is 4.21. The van der Waals surface area contributed by atoms with Gasteiger partial charge in [0.25, 0.3) is 6.71 Å². The summed E-state index contributed by atoms with van der Waals surface area (Å²) in [7, 11) is 0. The predicted octanol–water partition coefficient (Wildman–Crippen LogP) is 15.8. The van der Waals surface area contributed by atoms with E-state index in [1.54, 1.807) is 0 Å². The van der Waals surface area contributed by atoms with Gasteiger partial charge in [0.05, 0.1) is 16.5 Å². The highest BCUT2D eigenvalue weighted by Crippen LogP contribution is 2.68. The highest BCUT2D eigenvalue weighted by molar-refractivity contribution is 7.30. The molecule has 10 aromatic carbocycles. The summed E-state index contributed by atoms with van der Waals surface area (Å²) in [4.78, 5) is 6.67. The lowest BCUT2D eigenvalue weighted by Crippen LogP contribution is -2.60. The minimum Gasteiger partial charge on any atom is -0.311 e. The van der Waals surface area contributed by atoms with Crippen LogP contribution < -0.4 is 25.5 Å². The van der Waals surface area contributed by atoms with Crippen LogP contribution in [0.3, 0.4) is 0 Å². The first kappa shape index (κ1) is 41.1. The van der Waals surface area contributed by atoms with Gasteiger partial charge >= 0.3 is 0 Å². The molecular weight excluding hydrogens is 912 g/mol. The molecule has 2 aliphatic heterocycles. The third-order valence-electron chi connectivity index (χ3n) is 17.8. The molecule has 17 rings (SSSR count). The molecule has 4 heteroatoms. The predicted molar refractivity (Wildman–Crippen MR) is 310 cm³/mol. The molecule has 0 bridgehead atoms. The first-order chi connectivity index (χ1) is 36.4. The summed E-state index contributed by atoms with van der Waals surface area (Å²) in [5.41, 5.74) is 30.6. The molecule has 4 aliphatic carbocycles. The van der Waals surface area contributed by atoms with Gasteiger partial charge in [0.2, 0.25) is 0 Å². The number of rotatable bonds is 2. The Morgan fingerprint density at radius 2 is 0.824 bits per heavy atom. The zero-order valence-corrected chi connectivity index (χ0v) is 42.1. The molecule has 346 valence electrons. The topological polar surface area (TPSA) is 6.48 Å². The monoisotopic (exact) mass is 958 g/mol. The Bertz CT molecular complexity index is 4180. The van der Waals surface area contributed by atoms with Gasteiger partial charge in [0.1, 0.15) is 0 Å². The van der Waals surface area contributed by atoms with Gasteiger partial charge in [-0.1, -0.05) is 209 Å². The molecule has 0 atom stereocenters. The van der Waals surface area contributed by atoms with Crippen LogP contribution in [0.2, 0.25) is 0 Å². The van der Waals surface area contributed by atoms with E-state index < -0.39 is 10.8 Å². The Hall–Kier alpha value is -8.44. The maximum atomic E-state index is 2.70. The molecule has 0 amide bonds. The van der Waals surface area contributed by atoms with Crippen molar-refractivity contribution >= 4 is 67.9 Å². The van der Waals surface area contributed by atoms with Crippen molar-refractivity contribution in [3.05, 3.63) is 280 Å². The largest absolute Gasteiger partial charge is 0.311 e. The Morgan fingerprint density at radius 1 is 0.378 bits per heavy atom. The van der Waals surface area contributed by atoms with E-state index in [1.165, 1.54) is 144 Å². The van der Waals surface area contributed by atoms with Crippen LogP contribution in [0.5, 0.6) is 0 Å². The summed E-state index contributed by atoms with van der Waals surface area (Å²) in [6.45, 7) is 6.87. The number of hydrogen-bond acceptors (Lipinski definition) is 3. The Morgan fingerprint density at radius 3 is 1.36 bits per heavy atom. The zero-order chi connectivity index (χ0) is 48.8. The first-order valence-corrected chi connectivity index (χ1v) is 27.0. The molecular formula is C70H47BN2S. The average molecular weight is 959 g/mol. The van der Waals surface area contributed by atoms with Gasteiger partial charge in [-0.05, 0) is 142 Å². The van der Waals surface area contributed by atoms with E-state index in [2.05, 4.69) is 272 Å². The van der Waals surface area contributed by atoms with E-state index in [-0.39, 0.29) is 12.1 Å². The molecule has 0 N–H and O–H groups in total. The Balaban J connectivity index is 1.02. The summed E-state index contributed by atoms with van der Waals surface area (Å²) in [6.07, 6.45) is 0. The Kier molecular flexibility index (Phi) is 7.88. The minimum absolute atomic E-state index is 0.0184. The normalized spacial score (nSPS) is 15.4.